The number of aromatic nitrogens is 1. The minimum atomic E-state index is -4.71. The van der Waals surface area contributed by atoms with Crippen LogP contribution in [0.15, 0.2) is 24.4 Å². The third-order valence-corrected chi connectivity index (χ3v) is 3.14. The van der Waals surface area contributed by atoms with Crippen LogP contribution in [0.25, 0.3) is 10.9 Å². The Morgan fingerprint density at radius 2 is 2.00 bits per heavy atom. The third-order valence-electron chi connectivity index (χ3n) is 3.14. The van der Waals surface area contributed by atoms with Crippen LogP contribution in [-0.4, -0.2) is 22.9 Å². The van der Waals surface area contributed by atoms with Crippen molar-refractivity contribution < 1.29 is 22.7 Å². The topological polar surface area (TPSA) is 77.9 Å². The molecule has 8 heteroatoms. The molecule has 1 unspecified atom stereocenters. The summed E-state index contributed by atoms with van der Waals surface area (Å²) >= 11 is 0. The number of rotatable bonds is 2. The number of fused-ring (bicyclic) bond motifs is 1. The molecule has 0 radical (unpaired) electrons. The van der Waals surface area contributed by atoms with E-state index >= 15 is 0 Å². The Bertz CT molecular complexity index is 797. The number of alkyl carbamates (subject to hydrolysis) is 1. The van der Waals surface area contributed by atoms with Gasteiger partial charge in [0.05, 0.1) is 11.6 Å². The number of carbonyl (C=O) groups excluding carboxylic acids is 1. The summed E-state index contributed by atoms with van der Waals surface area (Å²) in [5.74, 6) is 0. The van der Waals surface area contributed by atoms with Crippen molar-refractivity contribution in [2.75, 3.05) is 0 Å². The van der Waals surface area contributed by atoms with Gasteiger partial charge in [0.25, 0.3) is 0 Å². The van der Waals surface area contributed by atoms with Crippen molar-refractivity contribution in [2.45, 2.75) is 38.6 Å². The average molecular weight is 339 g/mol. The smallest absolute Gasteiger partial charge is 0.413 e. The summed E-state index contributed by atoms with van der Waals surface area (Å²) in [6.07, 6.45) is -4.70. The molecule has 0 spiro atoms. The normalized spacial score (nSPS) is 13.4. The molecule has 24 heavy (non-hydrogen) atoms. The highest BCUT2D eigenvalue weighted by molar-refractivity contribution is 5.85. The first kappa shape index (κ1) is 17.7. The Balaban J connectivity index is 2.39. The molecule has 1 heterocycles. The Morgan fingerprint density at radius 1 is 1.33 bits per heavy atom. The number of hydrogen-bond donors (Lipinski definition) is 2. The third kappa shape index (κ3) is 3.98. The second kappa shape index (κ2) is 6.07. The standard InChI is InChI=1S/C16H16F3N3O2/c1-15(2,3)24-14(23)22-13(16(17,18)19)11-8-21-12-6-9(7-20)4-5-10(11)12/h4-6,8,13,21H,1-3H3,(H,22,23). The first-order chi connectivity index (χ1) is 11.0. The number of aromatic amines is 1. The van der Waals surface area contributed by atoms with Crippen LogP contribution >= 0.6 is 0 Å². The summed E-state index contributed by atoms with van der Waals surface area (Å²) in [6, 6.07) is 3.96. The van der Waals surface area contributed by atoms with E-state index in [0.29, 0.717) is 11.1 Å². The van der Waals surface area contributed by atoms with E-state index in [1.807, 2.05) is 11.4 Å². The van der Waals surface area contributed by atoms with Gasteiger partial charge in [-0.05, 0) is 32.9 Å². The van der Waals surface area contributed by atoms with E-state index in [0.717, 1.165) is 0 Å². The fourth-order valence-corrected chi connectivity index (χ4v) is 2.22. The highest BCUT2D eigenvalue weighted by Crippen LogP contribution is 2.36. The molecule has 1 atom stereocenters. The first-order valence-electron chi connectivity index (χ1n) is 7.08. The molecular formula is C16H16F3N3O2. The van der Waals surface area contributed by atoms with Crippen molar-refractivity contribution in [1.29, 1.82) is 5.26 Å². The number of amides is 1. The summed E-state index contributed by atoms with van der Waals surface area (Å²) in [6.45, 7) is 4.68. The average Bonchev–Trinajstić information content (AvgIpc) is 2.84. The summed E-state index contributed by atoms with van der Waals surface area (Å²) in [5, 5.41) is 11.0. The van der Waals surface area contributed by atoms with Gasteiger partial charge in [-0.15, -0.1) is 0 Å². The van der Waals surface area contributed by atoms with Crippen LogP contribution in [0.1, 0.15) is 37.9 Å². The van der Waals surface area contributed by atoms with Gasteiger partial charge in [0, 0.05) is 22.7 Å². The van der Waals surface area contributed by atoms with Crippen molar-refractivity contribution in [3.05, 3.63) is 35.5 Å². The summed E-state index contributed by atoms with van der Waals surface area (Å²) in [5.41, 5.74) is -0.362. The molecule has 2 aromatic rings. The minimum absolute atomic E-state index is 0.146. The predicted octanol–water partition coefficient (Wildman–Crippen LogP) is 4.17. The van der Waals surface area contributed by atoms with Gasteiger partial charge < -0.3 is 15.0 Å². The lowest BCUT2D eigenvalue weighted by Crippen LogP contribution is -2.41. The zero-order valence-electron chi connectivity index (χ0n) is 13.3. The number of hydrogen-bond acceptors (Lipinski definition) is 3. The highest BCUT2D eigenvalue weighted by Gasteiger charge is 2.43. The lowest BCUT2D eigenvalue weighted by Gasteiger charge is -2.25. The number of nitriles is 1. The largest absolute Gasteiger partial charge is 0.444 e. The molecule has 0 aliphatic carbocycles. The van der Waals surface area contributed by atoms with E-state index < -0.39 is 23.9 Å². The van der Waals surface area contributed by atoms with Crippen LogP contribution in [-0.2, 0) is 4.74 Å². The van der Waals surface area contributed by atoms with Crippen LogP contribution in [0.5, 0.6) is 0 Å². The molecule has 0 fully saturated rings. The van der Waals surface area contributed by atoms with Crippen molar-refractivity contribution in [3.8, 4) is 6.07 Å². The molecule has 0 saturated carbocycles. The number of ether oxygens (including phenoxy) is 1. The molecule has 5 nitrogen and oxygen atoms in total. The molecule has 1 aromatic carbocycles. The second-order valence-corrected chi connectivity index (χ2v) is 6.24. The van der Waals surface area contributed by atoms with Gasteiger partial charge in [0.1, 0.15) is 5.60 Å². The van der Waals surface area contributed by atoms with E-state index in [1.54, 1.807) is 20.8 Å². The Hall–Kier alpha value is -2.69. The van der Waals surface area contributed by atoms with E-state index in [4.69, 9.17) is 10.00 Å². The molecule has 2 N–H and O–H groups in total. The van der Waals surface area contributed by atoms with Crippen molar-refractivity contribution in [2.24, 2.45) is 0 Å². The van der Waals surface area contributed by atoms with E-state index in [1.165, 1.54) is 24.4 Å². The fourth-order valence-electron chi connectivity index (χ4n) is 2.22. The van der Waals surface area contributed by atoms with Gasteiger partial charge in [0.2, 0.25) is 0 Å². The van der Waals surface area contributed by atoms with Crippen molar-refractivity contribution in [3.63, 3.8) is 0 Å². The number of benzene rings is 1. The molecule has 1 aromatic heterocycles. The summed E-state index contributed by atoms with van der Waals surface area (Å²) < 4.78 is 45.1. The highest BCUT2D eigenvalue weighted by atomic mass is 19.4. The van der Waals surface area contributed by atoms with Crippen LogP contribution in [0.2, 0.25) is 0 Å². The quantitative estimate of drug-likeness (QED) is 0.862. The minimum Gasteiger partial charge on any atom is -0.444 e. The maximum absolute atomic E-state index is 13.4. The molecular weight excluding hydrogens is 323 g/mol. The summed E-state index contributed by atoms with van der Waals surface area (Å²) in [7, 11) is 0. The van der Waals surface area contributed by atoms with Crippen LogP contribution in [0, 0.1) is 11.3 Å². The molecule has 0 bridgehead atoms. The van der Waals surface area contributed by atoms with Crippen LogP contribution in [0.3, 0.4) is 0 Å². The van der Waals surface area contributed by atoms with Gasteiger partial charge in [-0.1, -0.05) is 6.07 Å². The second-order valence-electron chi connectivity index (χ2n) is 6.24. The zero-order valence-corrected chi connectivity index (χ0v) is 13.3. The maximum Gasteiger partial charge on any atom is 0.413 e. The number of nitrogens with one attached hydrogen (secondary N) is 2. The number of H-pyrrole nitrogens is 1. The predicted molar refractivity (Wildman–Crippen MR) is 81.2 cm³/mol. The summed E-state index contributed by atoms with van der Waals surface area (Å²) in [4.78, 5) is 14.5. The zero-order chi connectivity index (χ0) is 18.1. The molecule has 0 saturated heterocycles. The molecule has 1 amide bonds. The molecule has 0 aliphatic heterocycles. The van der Waals surface area contributed by atoms with E-state index in [2.05, 4.69) is 4.98 Å². The Labute approximate surface area is 136 Å². The van der Waals surface area contributed by atoms with Crippen molar-refractivity contribution >= 4 is 17.0 Å². The SMILES string of the molecule is CC(C)(C)OC(=O)NC(c1c[nH]c2cc(C#N)ccc12)C(F)(F)F. The first-order valence-corrected chi connectivity index (χ1v) is 7.08. The van der Waals surface area contributed by atoms with Gasteiger partial charge in [0.15, 0.2) is 6.04 Å². The van der Waals surface area contributed by atoms with E-state index in [-0.39, 0.29) is 10.9 Å². The van der Waals surface area contributed by atoms with Crippen molar-refractivity contribution in [1.82, 2.24) is 10.3 Å². The van der Waals surface area contributed by atoms with Gasteiger partial charge >= 0.3 is 12.3 Å². The molecule has 128 valence electrons. The maximum atomic E-state index is 13.4. The number of alkyl halides is 3. The Kier molecular flexibility index (Phi) is 4.47. The molecule has 0 aliphatic rings. The van der Waals surface area contributed by atoms with Gasteiger partial charge in [-0.2, -0.15) is 18.4 Å². The monoisotopic (exact) mass is 339 g/mol. The lowest BCUT2D eigenvalue weighted by molar-refractivity contribution is -0.156. The van der Waals surface area contributed by atoms with Gasteiger partial charge in [-0.25, -0.2) is 4.79 Å². The fraction of sp³-hybridized carbons (Fsp3) is 0.375. The van der Waals surface area contributed by atoms with Crippen LogP contribution in [0.4, 0.5) is 18.0 Å². The number of carbonyl (C=O) groups is 1. The van der Waals surface area contributed by atoms with E-state index in [9.17, 15) is 18.0 Å². The van der Waals surface area contributed by atoms with Crippen LogP contribution < -0.4 is 5.32 Å². The number of nitrogens with zero attached hydrogens (tertiary/aromatic N) is 1. The van der Waals surface area contributed by atoms with Gasteiger partial charge in [-0.3, -0.25) is 0 Å². The molecule has 2 rings (SSSR count). The lowest BCUT2D eigenvalue weighted by atomic mass is 10.0. The number of halogens is 3. The Morgan fingerprint density at radius 3 is 2.54 bits per heavy atom.